The Bertz CT molecular complexity index is 1640. The Hall–Kier alpha value is -2.99. The molecule has 1 heterocycles. The summed E-state index contributed by atoms with van der Waals surface area (Å²) in [6.45, 7) is 11.5. The molecule has 6 rings (SSSR count). The number of aryl methyl sites for hydroxylation is 1. The molecule has 0 aromatic heterocycles. The molecule has 49 heavy (non-hydrogen) atoms. The van der Waals surface area contributed by atoms with Gasteiger partial charge in [-0.2, -0.15) is 13.6 Å². The van der Waals surface area contributed by atoms with Crippen molar-refractivity contribution in [2.75, 3.05) is 32.7 Å². The fourth-order valence-electron chi connectivity index (χ4n) is 9.61. The molecule has 0 radical (unpaired) electrons. The third-order valence-corrected chi connectivity index (χ3v) is 12.4. The zero-order valence-electron chi connectivity index (χ0n) is 29.5. The fourth-order valence-corrected chi connectivity index (χ4v) is 9.98. The summed E-state index contributed by atoms with van der Waals surface area (Å²) in [7, 11) is -4.07. The van der Waals surface area contributed by atoms with Crippen molar-refractivity contribution in [3.8, 4) is 5.75 Å². The minimum absolute atomic E-state index is 0.0448. The molecule has 4 aliphatic rings. The minimum Gasteiger partial charge on any atom is -0.388 e. The van der Waals surface area contributed by atoms with Gasteiger partial charge in [0.15, 0.2) is 0 Å². The van der Waals surface area contributed by atoms with Gasteiger partial charge in [0, 0.05) is 51.0 Å². The maximum absolute atomic E-state index is 13.9. The van der Waals surface area contributed by atoms with E-state index >= 15 is 0 Å². The van der Waals surface area contributed by atoms with Crippen molar-refractivity contribution in [3.05, 3.63) is 65.2 Å². The Balaban J connectivity index is 1.08. The first-order valence-corrected chi connectivity index (χ1v) is 19.4. The van der Waals surface area contributed by atoms with E-state index in [1.54, 1.807) is 6.07 Å². The molecule has 10 nitrogen and oxygen atoms in total. The molecule has 0 bridgehead atoms. The number of carbonyl (C=O) groups excluding carboxylic acids is 2. The molecule has 2 aromatic carbocycles. The summed E-state index contributed by atoms with van der Waals surface area (Å²) in [5.74, 6) is 1.36. The lowest BCUT2D eigenvalue weighted by molar-refractivity contribution is -0.140. The van der Waals surface area contributed by atoms with Gasteiger partial charge in [-0.15, -0.1) is 0 Å². The molecular weight excluding hydrogens is 641 g/mol. The van der Waals surface area contributed by atoms with Gasteiger partial charge in [0.25, 0.3) is 0 Å². The molecule has 11 heteroatoms. The minimum atomic E-state index is -4.07. The van der Waals surface area contributed by atoms with E-state index in [1.165, 1.54) is 5.56 Å². The van der Waals surface area contributed by atoms with E-state index in [1.807, 2.05) is 68.1 Å². The van der Waals surface area contributed by atoms with Gasteiger partial charge in [-0.25, -0.2) is 0 Å². The van der Waals surface area contributed by atoms with E-state index in [2.05, 4.69) is 17.1 Å². The number of aliphatic hydroxyl groups is 1. The van der Waals surface area contributed by atoms with E-state index in [-0.39, 0.29) is 28.4 Å². The molecule has 0 unspecified atom stereocenters. The van der Waals surface area contributed by atoms with Gasteiger partial charge in [-0.1, -0.05) is 64.1 Å². The second-order valence-electron chi connectivity index (χ2n) is 16.5. The smallest absolute Gasteiger partial charge is 0.380 e. The first kappa shape index (κ1) is 35.8. The summed E-state index contributed by atoms with van der Waals surface area (Å²) in [6.07, 6.45) is 6.32. The first-order valence-electron chi connectivity index (χ1n) is 18.0. The Morgan fingerprint density at radius 1 is 1.04 bits per heavy atom. The maximum Gasteiger partial charge on any atom is 0.380 e. The summed E-state index contributed by atoms with van der Waals surface area (Å²) in [4.78, 5) is 31.0. The molecule has 6 atom stereocenters. The third kappa shape index (κ3) is 7.85. The maximum atomic E-state index is 13.9. The normalized spacial score (nSPS) is 29.3. The van der Waals surface area contributed by atoms with E-state index in [9.17, 15) is 23.1 Å². The van der Waals surface area contributed by atoms with Crippen LogP contribution in [-0.4, -0.2) is 79.5 Å². The highest BCUT2D eigenvalue weighted by molar-refractivity contribution is 7.84. The number of hydrogen-bond donors (Lipinski definition) is 3. The topological polar surface area (TPSA) is 142 Å². The van der Waals surface area contributed by atoms with E-state index < -0.39 is 21.9 Å². The fraction of sp³-hybridized carbons (Fsp3) is 0.632. The summed E-state index contributed by atoms with van der Waals surface area (Å²) < 4.78 is 27.9. The number of hydrogen-bond acceptors (Lipinski definition) is 7. The predicted molar refractivity (Wildman–Crippen MR) is 189 cm³/mol. The van der Waals surface area contributed by atoms with Gasteiger partial charge in [0.2, 0.25) is 11.8 Å². The van der Waals surface area contributed by atoms with Crippen LogP contribution in [0.2, 0.25) is 0 Å². The molecule has 3 fully saturated rings. The van der Waals surface area contributed by atoms with E-state index in [4.69, 9.17) is 9.32 Å². The SMILES string of the molecule is CC(C)(C)CC(=O)N[C@@H](Cc1ccccc1)C(=O)N1CCN(C[C@]2(O)CC[C@H]3[C@@H]4CCc5cc(OS(N)(=O)=O)ccc5[C@H]4CC[C@@]32C)CC1. The van der Waals surface area contributed by atoms with Crippen LogP contribution >= 0.6 is 0 Å². The molecular formula is C38H54N4O6S. The van der Waals surface area contributed by atoms with Gasteiger partial charge < -0.3 is 19.5 Å². The van der Waals surface area contributed by atoms with Gasteiger partial charge in [0.05, 0.1) is 5.60 Å². The number of benzene rings is 2. The molecule has 268 valence electrons. The molecule has 2 amide bonds. The Morgan fingerprint density at radius 3 is 2.43 bits per heavy atom. The van der Waals surface area contributed by atoms with Crippen LogP contribution in [0, 0.1) is 22.7 Å². The van der Waals surface area contributed by atoms with Crippen LogP contribution in [0.25, 0.3) is 0 Å². The highest BCUT2D eigenvalue weighted by atomic mass is 32.2. The number of fused-ring (bicyclic) bond motifs is 5. The Morgan fingerprint density at radius 2 is 1.76 bits per heavy atom. The second-order valence-corrected chi connectivity index (χ2v) is 17.7. The number of carbonyl (C=O) groups is 2. The molecule has 4 N–H and O–H groups in total. The van der Waals surface area contributed by atoms with Crippen molar-refractivity contribution in [1.29, 1.82) is 0 Å². The standard InChI is InChI=1S/C38H54N4O6S/c1-36(2,3)24-34(43)40-33(22-26-8-6-5-7-9-26)35(44)42-20-18-41(19-21-42)25-38(45)17-15-32-31-12-10-27-23-28(48-49(39,46)47)11-13-29(27)30(31)14-16-37(32,38)4/h5-9,11,13,23,30-33,45H,10,12,14-22,24-25H2,1-4H3,(H,40,43)(H2,39,46,47)/t30-,31-,32+,33+,37+,38-/m1/s1. The number of piperazine rings is 1. The Kier molecular flexibility index (Phi) is 9.96. The summed E-state index contributed by atoms with van der Waals surface area (Å²) in [5.41, 5.74) is 2.23. The van der Waals surface area contributed by atoms with Crippen molar-refractivity contribution < 1.29 is 27.3 Å². The molecule has 2 saturated carbocycles. The zero-order chi connectivity index (χ0) is 35.2. The van der Waals surface area contributed by atoms with Crippen molar-refractivity contribution in [3.63, 3.8) is 0 Å². The van der Waals surface area contributed by atoms with Crippen molar-refractivity contribution in [2.24, 2.45) is 27.8 Å². The number of rotatable bonds is 9. The van der Waals surface area contributed by atoms with E-state index in [0.717, 1.165) is 49.7 Å². The predicted octanol–water partition coefficient (Wildman–Crippen LogP) is 4.16. The van der Waals surface area contributed by atoms with Crippen LogP contribution < -0.4 is 14.6 Å². The molecule has 3 aliphatic carbocycles. The average molecular weight is 695 g/mol. The third-order valence-electron chi connectivity index (χ3n) is 12.0. The quantitative estimate of drug-likeness (QED) is 0.358. The lowest BCUT2D eigenvalue weighted by Crippen LogP contribution is -2.60. The Labute approximate surface area is 292 Å². The zero-order valence-corrected chi connectivity index (χ0v) is 30.3. The molecule has 1 aliphatic heterocycles. The number of nitrogens with two attached hydrogens (primary N) is 1. The van der Waals surface area contributed by atoms with Gasteiger partial charge in [-0.05, 0) is 90.5 Å². The highest BCUT2D eigenvalue weighted by Gasteiger charge is 2.61. The van der Waals surface area contributed by atoms with Crippen molar-refractivity contribution in [1.82, 2.24) is 15.1 Å². The van der Waals surface area contributed by atoms with Gasteiger partial charge in [-0.3, -0.25) is 14.5 Å². The summed E-state index contributed by atoms with van der Waals surface area (Å²) in [6, 6.07) is 14.8. The average Bonchev–Trinajstić information content (AvgIpc) is 3.29. The van der Waals surface area contributed by atoms with Crippen LogP contribution in [0.15, 0.2) is 48.5 Å². The van der Waals surface area contributed by atoms with Crippen LogP contribution in [0.4, 0.5) is 0 Å². The van der Waals surface area contributed by atoms with E-state index in [0.29, 0.717) is 63.3 Å². The summed E-state index contributed by atoms with van der Waals surface area (Å²) in [5, 5.41) is 20.5. The van der Waals surface area contributed by atoms with Gasteiger partial charge in [0.1, 0.15) is 11.8 Å². The molecule has 0 spiro atoms. The first-order chi connectivity index (χ1) is 23.0. The van der Waals surface area contributed by atoms with Crippen LogP contribution in [0.1, 0.15) is 88.8 Å². The lowest BCUT2D eigenvalue weighted by atomic mass is 9.53. The second kappa shape index (κ2) is 13.6. The van der Waals surface area contributed by atoms with Crippen LogP contribution in [0.5, 0.6) is 5.75 Å². The molecule has 2 aromatic rings. The number of nitrogens with zero attached hydrogens (tertiary/aromatic N) is 2. The largest absolute Gasteiger partial charge is 0.388 e. The highest BCUT2D eigenvalue weighted by Crippen LogP contribution is 2.64. The van der Waals surface area contributed by atoms with Crippen LogP contribution in [-0.2, 0) is 32.7 Å². The number of nitrogens with one attached hydrogen (secondary N) is 1. The number of amides is 2. The van der Waals surface area contributed by atoms with Crippen LogP contribution in [0.3, 0.4) is 0 Å². The van der Waals surface area contributed by atoms with Gasteiger partial charge >= 0.3 is 10.3 Å². The molecule has 1 saturated heterocycles. The lowest BCUT2D eigenvalue weighted by Gasteiger charge is -2.54. The summed E-state index contributed by atoms with van der Waals surface area (Å²) >= 11 is 0. The van der Waals surface area contributed by atoms with Crippen molar-refractivity contribution >= 4 is 22.1 Å². The monoisotopic (exact) mass is 694 g/mol. The van der Waals surface area contributed by atoms with Crippen molar-refractivity contribution in [2.45, 2.75) is 96.6 Å². The number of β-amino-alcohol motifs (C(OH)–C–C–N with tert-alkyl or cyclic N) is 1.